The van der Waals surface area contributed by atoms with Crippen LogP contribution in [0.15, 0.2) is 77.7 Å². The Balaban J connectivity index is 1.68. The van der Waals surface area contributed by atoms with Crippen molar-refractivity contribution >= 4 is 27.6 Å². The molecule has 7 nitrogen and oxygen atoms in total. The molecule has 3 aromatic carbocycles. The van der Waals surface area contributed by atoms with Gasteiger partial charge in [-0.15, -0.1) is 0 Å². The van der Waals surface area contributed by atoms with Gasteiger partial charge in [0.05, 0.1) is 16.6 Å². The Morgan fingerprint density at radius 1 is 1.06 bits per heavy atom. The highest BCUT2D eigenvalue weighted by molar-refractivity contribution is 7.92. The van der Waals surface area contributed by atoms with Crippen LogP contribution < -0.4 is 14.8 Å². The minimum absolute atomic E-state index is 0.184. The molecule has 0 fully saturated rings. The van der Waals surface area contributed by atoms with E-state index in [9.17, 15) is 13.2 Å². The van der Waals surface area contributed by atoms with Crippen molar-refractivity contribution in [3.05, 3.63) is 83.9 Å². The van der Waals surface area contributed by atoms with Crippen molar-refractivity contribution in [2.75, 3.05) is 10.0 Å². The van der Waals surface area contributed by atoms with Crippen molar-refractivity contribution in [2.24, 2.45) is 5.41 Å². The molecule has 1 unspecified atom stereocenters. The molecule has 1 heterocycles. The first-order valence-electron chi connectivity index (χ1n) is 10.1. The summed E-state index contributed by atoms with van der Waals surface area (Å²) >= 11 is 0. The molecular formula is C24H24N2O5S. The number of para-hydroxylation sites is 1. The normalized spacial score (nSPS) is 17.0. The molecule has 0 amide bonds. The van der Waals surface area contributed by atoms with Crippen molar-refractivity contribution < 1.29 is 23.1 Å². The Hall–Kier alpha value is -3.52. The summed E-state index contributed by atoms with van der Waals surface area (Å²) in [5.74, 6) is 0.267. The van der Waals surface area contributed by atoms with E-state index < -0.39 is 16.2 Å². The van der Waals surface area contributed by atoms with E-state index in [4.69, 9.17) is 9.84 Å². The fraction of sp³-hybridized carbons (Fsp3) is 0.208. The molecule has 0 spiro atoms. The monoisotopic (exact) mass is 452 g/mol. The average Bonchev–Trinajstić information content (AvgIpc) is 2.73. The molecule has 0 saturated heterocycles. The Morgan fingerprint density at radius 2 is 1.75 bits per heavy atom. The number of carbonyl (C=O) groups is 1. The smallest absolute Gasteiger partial charge is 0.449 e. The Labute approximate surface area is 187 Å². The lowest BCUT2D eigenvalue weighted by Crippen LogP contribution is -2.35. The molecule has 0 saturated carbocycles. The van der Waals surface area contributed by atoms with E-state index in [-0.39, 0.29) is 22.1 Å². The summed E-state index contributed by atoms with van der Waals surface area (Å²) < 4.78 is 33.4. The number of ether oxygens (including phenoxy) is 1. The second-order valence-electron chi connectivity index (χ2n) is 8.44. The summed E-state index contributed by atoms with van der Waals surface area (Å²) in [5.41, 5.74) is 2.83. The molecule has 32 heavy (non-hydrogen) atoms. The lowest BCUT2D eigenvalue weighted by atomic mass is 9.72. The molecule has 1 aliphatic rings. The number of carboxylic acid groups (broad SMARTS) is 1. The lowest BCUT2D eigenvalue weighted by molar-refractivity contribution is 0.144. The zero-order valence-electron chi connectivity index (χ0n) is 17.7. The second-order valence-corrected chi connectivity index (χ2v) is 10.1. The van der Waals surface area contributed by atoms with Gasteiger partial charge in [0.1, 0.15) is 5.75 Å². The average molecular weight is 453 g/mol. The predicted octanol–water partition coefficient (Wildman–Crippen LogP) is 5.28. The number of benzene rings is 3. The molecule has 0 aromatic heterocycles. The van der Waals surface area contributed by atoms with E-state index in [1.54, 1.807) is 60.7 Å². The summed E-state index contributed by atoms with van der Waals surface area (Å²) in [6.45, 7) is 4.17. The summed E-state index contributed by atoms with van der Waals surface area (Å²) in [7, 11) is -3.74. The second kappa shape index (κ2) is 8.20. The predicted molar refractivity (Wildman–Crippen MR) is 123 cm³/mol. The minimum Gasteiger partial charge on any atom is -0.449 e. The van der Waals surface area contributed by atoms with Crippen molar-refractivity contribution in [3.63, 3.8) is 0 Å². The first-order valence-corrected chi connectivity index (χ1v) is 11.6. The van der Waals surface area contributed by atoms with Crippen molar-refractivity contribution in [1.29, 1.82) is 0 Å². The van der Waals surface area contributed by atoms with Crippen LogP contribution in [0, 0.1) is 5.41 Å². The van der Waals surface area contributed by atoms with Gasteiger partial charge in [0.2, 0.25) is 0 Å². The number of sulfonamides is 1. The van der Waals surface area contributed by atoms with Gasteiger partial charge < -0.3 is 15.2 Å². The highest BCUT2D eigenvalue weighted by Crippen LogP contribution is 2.47. The number of fused-ring (bicyclic) bond motifs is 1. The SMILES string of the molecule is CC1(C)Cc2cc(OC(=O)O)ccc2NC1c1ccccc1NS(=O)(=O)c1ccccc1. The maximum Gasteiger partial charge on any atom is 0.511 e. The zero-order valence-corrected chi connectivity index (χ0v) is 18.5. The number of hydrogen-bond acceptors (Lipinski definition) is 5. The van der Waals surface area contributed by atoms with Crippen molar-refractivity contribution in [2.45, 2.75) is 31.2 Å². The van der Waals surface area contributed by atoms with E-state index in [1.165, 1.54) is 0 Å². The van der Waals surface area contributed by atoms with Gasteiger partial charge >= 0.3 is 6.16 Å². The van der Waals surface area contributed by atoms with Gasteiger partial charge in [-0.3, -0.25) is 4.72 Å². The quantitative estimate of drug-likeness (QED) is 0.359. The minimum atomic E-state index is -3.74. The van der Waals surface area contributed by atoms with Crippen LogP contribution >= 0.6 is 0 Å². The van der Waals surface area contributed by atoms with Gasteiger partial charge in [0.25, 0.3) is 10.0 Å². The molecule has 3 N–H and O–H groups in total. The molecule has 4 rings (SSSR count). The summed E-state index contributed by atoms with van der Waals surface area (Å²) in [6, 6.07) is 20.5. The maximum atomic E-state index is 12.9. The third-order valence-corrected chi connectivity index (χ3v) is 6.96. The first-order chi connectivity index (χ1) is 15.2. The molecular weight excluding hydrogens is 428 g/mol. The number of rotatable bonds is 5. The topological polar surface area (TPSA) is 105 Å². The van der Waals surface area contributed by atoms with Crippen LogP contribution in [0.3, 0.4) is 0 Å². The molecule has 3 aromatic rings. The molecule has 1 atom stereocenters. The van der Waals surface area contributed by atoms with Crippen LogP contribution in [-0.2, 0) is 16.4 Å². The molecule has 0 aliphatic carbocycles. The van der Waals surface area contributed by atoms with Gasteiger partial charge in [-0.25, -0.2) is 13.2 Å². The van der Waals surface area contributed by atoms with Gasteiger partial charge in [0.15, 0.2) is 0 Å². The number of anilines is 2. The Morgan fingerprint density at radius 3 is 2.47 bits per heavy atom. The van der Waals surface area contributed by atoms with Crippen molar-refractivity contribution in [1.82, 2.24) is 0 Å². The van der Waals surface area contributed by atoms with E-state index in [2.05, 4.69) is 23.9 Å². The fourth-order valence-electron chi connectivity index (χ4n) is 4.11. The highest BCUT2D eigenvalue weighted by atomic mass is 32.2. The largest absolute Gasteiger partial charge is 0.511 e. The van der Waals surface area contributed by atoms with Crippen LogP contribution in [0.25, 0.3) is 0 Å². The Bertz CT molecular complexity index is 1260. The van der Waals surface area contributed by atoms with Gasteiger partial charge in [-0.1, -0.05) is 50.2 Å². The zero-order chi connectivity index (χ0) is 22.9. The third-order valence-electron chi connectivity index (χ3n) is 5.58. The summed E-state index contributed by atoms with van der Waals surface area (Å²) in [6.07, 6.45) is -0.707. The van der Waals surface area contributed by atoms with Crippen LogP contribution in [0.1, 0.15) is 31.0 Å². The summed E-state index contributed by atoms with van der Waals surface area (Å²) in [5, 5.41) is 12.4. The first kappa shape index (κ1) is 21.7. The molecule has 0 radical (unpaired) electrons. The number of nitrogens with one attached hydrogen (secondary N) is 2. The lowest BCUT2D eigenvalue weighted by Gasteiger charge is -2.42. The maximum absolute atomic E-state index is 12.9. The van der Waals surface area contributed by atoms with E-state index >= 15 is 0 Å². The van der Waals surface area contributed by atoms with Gasteiger partial charge in [-0.05, 0) is 59.4 Å². The van der Waals surface area contributed by atoms with E-state index in [1.807, 2.05) is 12.1 Å². The molecule has 0 bridgehead atoms. The van der Waals surface area contributed by atoms with Crippen LogP contribution in [0.4, 0.5) is 16.2 Å². The molecule has 8 heteroatoms. The van der Waals surface area contributed by atoms with Gasteiger partial charge in [-0.2, -0.15) is 0 Å². The van der Waals surface area contributed by atoms with Gasteiger partial charge in [0, 0.05) is 5.69 Å². The molecule has 1 aliphatic heterocycles. The van der Waals surface area contributed by atoms with Crippen LogP contribution in [0.2, 0.25) is 0 Å². The third kappa shape index (κ3) is 4.40. The highest BCUT2D eigenvalue weighted by Gasteiger charge is 2.37. The molecule has 166 valence electrons. The summed E-state index contributed by atoms with van der Waals surface area (Å²) in [4.78, 5) is 11.1. The van der Waals surface area contributed by atoms with Crippen LogP contribution in [-0.4, -0.2) is 19.7 Å². The standard InChI is InChI=1S/C24H24N2O5S/c1-24(2)15-16-14-17(31-23(27)28)12-13-20(16)25-22(24)19-10-6-7-11-21(19)26-32(29,30)18-8-4-3-5-9-18/h3-14,22,25-26H,15H2,1-2H3,(H,27,28). The van der Waals surface area contributed by atoms with E-state index in [0.29, 0.717) is 12.1 Å². The Kier molecular flexibility index (Phi) is 5.56. The van der Waals surface area contributed by atoms with Crippen LogP contribution in [0.5, 0.6) is 5.75 Å². The van der Waals surface area contributed by atoms with E-state index in [0.717, 1.165) is 16.8 Å². The van der Waals surface area contributed by atoms with Crippen molar-refractivity contribution in [3.8, 4) is 5.75 Å². The number of hydrogen-bond donors (Lipinski definition) is 3. The fourth-order valence-corrected chi connectivity index (χ4v) is 5.22.